The van der Waals surface area contributed by atoms with Crippen LogP contribution in [0.2, 0.25) is 0 Å². The number of hydrazine groups is 1. The zero-order valence-electron chi connectivity index (χ0n) is 12.3. The molecule has 8 nitrogen and oxygen atoms in total. The number of hydrogen-bond donors (Lipinski definition) is 3. The van der Waals surface area contributed by atoms with E-state index >= 15 is 0 Å². The molecule has 0 heterocycles. The van der Waals surface area contributed by atoms with Crippen LogP contribution in [0.4, 0.5) is 4.79 Å². The van der Waals surface area contributed by atoms with Gasteiger partial charge in [0.1, 0.15) is 5.75 Å². The molecule has 0 saturated carbocycles. The molecule has 1 aromatic carbocycles. The number of thiol groups is 1. The van der Waals surface area contributed by atoms with E-state index in [2.05, 4.69) is 23.5 Å². The minimum absolute atomic E-state index is 0.00754. The number of imide groups is 1. The Bertz CT molecular complexity index is 535. The highest BCUT2D eigenvalue weighted by molar-refractivity contribution is 7.78. The van der Waals surface area contributed by atoms with Crippen LogP contribution in [0.5, 0.6) is 5.75 Å². The fourth-order valence-corrected chi connectivity index (χ4v) is 1.54. The quantitative estimate of drug-likeness (QED) is 0.321. The van der Waals surface area contributed by atoms with Crippen molar-refractivity contribution in [1.82, 2.24) is 15.0 Å². The van der Waals surface area contributed by atoms with Crippen LogP contribution in [0, 0.1) is 0 Å². The van der Waals surface area contributed by atoms with E-state index in [1.165, 1.54) is 6.21 Å². The van der Waals surface area contributed by atoms with Gasteiger partial charge in [-0.25, -0.2) is 10.3 Å². The molecule has 2 N–H and O–H groups in total. The van der Waals surface area contributed by atoms with E-state index in [0.29, 0.717) is 16.6 Å². The van der Waals surface area contributed by atoms with Gasteiger partial charge in [0.25, 0.3) is 5.91 Å². The molecule has 3 amide bonds. The lowest BCUT2D eigenvalue weighted by Crippen LogP contribution is -2.44. The van der Waals surface area contributed by atoms with Gasteiger partial charge in [0.05, 0.1) is 13.3 Å². The van der Waals surface area contributed by atoms with E-state index in [-0.39, 0.29) is 11.5 Å². The fraction of sp³-hybridized carbons (Fsp3) is 0.308. The maximum Gasteiger partial charge on any atom is 0.381 e. The molecule has 0 unspecified atom stereocenters. The molecule has 1 rings (SSSR count). The van der Waals surface area contributed by atoms with Gasteiger partial charge in [-0.3, -0.25) is 10.0 Å². The molecule has 0 aliphatic carbocycles. The lowest BCUT2D eigenvalue weighted by Gasteiger charge is -2.19. The molecule has 0 fully saturated rings. The highest BCUT2D eigenvalue weighted by Gasteiger charge is 2.22. The number of rotatable bonds is 6. The SMILES string of the molecule is CCCC(=O)N(O)C(=O)N(S)N/N=C/c1ccc(OC)cc1. The number of hydroxylamine groups is 2. The number of urea groups is 1. The number of methoxy groups -OCH3 is 1. The van der Waals surface area contributed by atoms with Crippen molar-refractivity contribution in [3.63, 3.8) is 0 Å². The first kappa shape index (κ1) is 17.8. The first-order chi connectivity index (χ1) is 10.5. The lowest BCUT2D eigenvalue weighted by atomic mass is 10.2. The Morgan fingerprint density at radius 3 is 2.59 bits per heavy atom. The summed E-state index contributed by atoms with van der Waals surface area (Å²) in [6, 6.07) is 5.98. The Balaban J connectivity index is 2.53. The van der Waals surface area contributed by atoms with E-state index in [0.717, 1.165) is 5.56 Å². The van der Waals surface area contributed by atoms with E-state index in [4.69, 9.17) is 4.74 Å². The van der Waals surface area contributed by atoms with Gasteiger partial charge in [-0.05, 0) is 49.1 Å². The van der Waals surface area contributed by atoms with Gasteiger partial charge in [-0.1, -0.05) is 6.92 Å². The predicted molar refractivity (Wildman–Crippen MR) is 83.5 cm³/mol. The summed E-state index contributed by atoms with van der Waals surface area (Å²) in [6.07, 6.45) is 2.00. The van der Waals surface area contributed by atoms with E-state index in [1.807, 2.05) is 0 Å². The first-order valence-electron chi connectivity index (χ1n) is 6.47. The monoisotopic (exact) mass is 326 g/mol. The van der Waals surface area contributed by atoms with E-state index < -0.39 is 11.9 Å². The molecule has 0 radical (unpaired) electrons. The molecule has 0 aliphatic rings. The zero-order valence-corrected chi connectivity index (χ0v) is 13.2. The van der Waals surface area contributed by atoms with Crippen molar-refractivity contribution in [3.05, 3.63) is 29.8 Å². The van der Waals surface area contributed by atoms with Gasteiger partial charge in [0.15, 0.2) is 0 Å². The van der Waals surface area contributed by atoms with Crippen LogP contribution in [0.1, 0.15) is 25.3 Å². The number of carbonyl (C=O) groups is 2. The van der Waals surface area contributed by atoms with Crippen molar-refractivity contribution in [2.24, 2.45) is 5.10 Å². The van der Waals surface area contributed by atoms with Crippen molar-refractivity contribution in [2.45, 2.75) is 19.8 Å². The van der Waals surface area contributed by atoms with Crippen LogP contribution in [0.15, 0.2) is 29.4 Å². The Morgan fingerprint density at radius 1 is 1.41 bits per heavy atom. The van der Waals surface area contributed by atoms with Crippen LogP contribution in [-0.2, 0) is 4.79 Å². The van der Waals surface area contributed by atoms with Crippen molar-refractivity contribution >= 4 is 31.0 Å². The minimum Gasteiger partial charge on any atom is -0.497 e. The minimum atomic E-state index is -1.05. The predicted octanol–water partition coefficient (Wildman–Crippen LogP) is 1.82. The summed E-state index contributed by atoms with van der Waals surface area (Å²) in [7, 11) is 1.56. The molecular weight excluding hydrogens is 308 g/mol. The Labute approximate surface area is 133 Å². The number of hydrazone groups is 1. The fourth-order valence-electron chi connectivity index (χ4n) is 1.41. The van der Waals surface area contributed by atoms with Crippen LogP contribution in [0.25, 0.3) is 0 Å². The number of amides is 3. The van der Waals surface area contributed by atoms with Gasteiger partial charge in [0, 0.05) is 6.42 Å². The number of benzene rings is 1. The molecule has 0 aliphatic heterocycles. The lowest BCUT2D eigenvalue weighted by molar-refractivity contribution is -0.154. The Morgan fingerprint density at radius 2 is 2.05 bits per heavy atom. The summed E-state index contributed by atoms with van der Waals surface area (Å²) in [5, 5.41) is 13.2. The second-order valence-corrected chi connectivity index (χ2v) is 4.58. The molecule has 9 heteroatoms. The second kappa shape index (κ2) is 8.90. The van der Waals surface area contributed by atoms with Crippen LogP contribution < -0.4 is 10.3 Å². The number of ether oxygens (including phenoxy) is 1. The Hall–Kier alpha value is -2.26. The van der Waals surface area contributed by atoms with Crippen LogP contribution in [0.3, 0.4) is 0 Å². The summed E-state index contributed by atoms with van der Waals surface area (Å²) < 4.78 is 5.61. The molecule has 22 heavy (non-hydrogen) atoms. The molecule has 0 spiro atoms. The second-order valence-electron chi connectivity index (χ2n) is 4.18. The topological polar surface area (TPSA) is 94.5 Å². The molecule has 1 aromatic rings. The maximum atomic E-state index is 11.6. The third-order valence-electron chi connectivity index (χ3n) is 2.54. The normalized spacial score (nSPS) is 10.4. The first-order valence-corrected chi connectivity index (χ1v) is 6.87. The van der Waals surface area contributed by atoms with Crippen LogP contribution >= 0.6 is 12.8 Å². The zero-order chi connectivity index (χ0) is 16.5. The molecular formula is C13H18N4O4S. The van der Waals surface area contributed by atoms with Gasteiger partial charge in [-0.15, -0.1) is 5.06 Å². The summed E-state index contributed by atoms with van der Waals surface area (Å²) in [5.41, 5.74) is 3.02. The summed E-state index contributed by atoms with van der Waals surface area (Å²) >= 11 is 3.79. The molecule has 0 bridgehead atoms. The third-order valence-corrected chi connectivity index (χ3v) is 2.80. The number of hydrogen-bond acceptors (Lipinski definition) is 7. The van der Waals surface area contributed by atoms with Gasteiger partial charge in [-0.2, -0.15) is 9.52 Å². The number of nitrogens with one attached hydrogen (secondary N) is 1. The average Bonchev–Trinajstić information content (AvgIpc) is 2.54. The molecule has 120 valence electrons. The summed E-state index contributed by atoms with van der Waals surface area (Å²) in [4.78, 5) is 23.0. The molecule has 0 saturated heterocycles. The van der Waals surface area contributed by atoms with E-state index in [1.54, 1.807) is 38.3 Å². The molecule has 0 aromatic heterocycles. The molecule has 0 atom stereocenters. The average molecular weight is 326 g/mol. The largest absolute Gasteiger partial charge is 0.497 e. The Kier molecular flexibility index (Phi) is 7.20. The van der Waals surface area contributed by atoms with Crippen LogP contribution in [-0.4, -0.2) is 39.9 Å². The van der Waals surface area contributed by atoms with Crippen molar-refractivity contribution < 1.29 is 19.5 Å². The van der Waals surface area contributed by atoms with Gasteiger partial charge < -0.3 is 4.74 Å². The highest BCUT2D eigenvalue weighted by Crippen LogP contribution is 2.09. The van der Waals surface area contributed by atoms with Crippen molar-refractivity contribution in [1.29, 1.82) is 0 Å². The third kappa shape index (κ3) is 5.26. The summed E-state index contributed by atoms with van der Waals surface area (Å²) in [5.74, 6) is -0.00560. The number of nitrogens with zero attached hydrogens (tertiary/aromatic N) is 3. The standard InChI is InChI=1S/C13H18N4O4S/c1-3-4-12(18)16(20)13(19)17(22)15-14-9-10-5-7-11(21-2)8-6-10/h5-9,15,20,22H,3-4H2,1-2H3/b14-9+. The highest BCUT2D eigenvalue weighted by atomic mass is 32.1. The van der Waals surface area contributed by atoms with Gasteiger partial charge in [0.2, 0.25) is 0 Å². The van der Waals surface area contributed by atoms with Gasteiger partial charge >= 0.3 is 6.03 Å². The van der Waals surface area contributed by atoms with Crippen molar-refractivity contribution in [2.75, 3.05) is 7.11 Å². The smallest absolute Gasteiger partial charge is 0.381 e. The van der Waals surface area contributed by atoms with E-state index in [9.17, 15) is 14.8 Å². The number of carbonyl (C=O) groups excluding carboxylic acids is 2. The van der Waals surface area contributed by atoms with Crippen molar-refractivity contribution in [3.8, 4) is 5.75 Å². The maximum absolute atomic E-state index is 11.6. The summed E-state index contributed by atoms with van der Waals surface area (Å²) in [6.45, 7) is 1.76.